The van der Waals surface area contributed by atoms with Crippen LogP contribution in [0.4, 0.5) is 4.39 Å². The molecule has 0 unspecified atom stereocenters. The summed E-state index contributed by atoms with van der Waals surface area (Å²) in [6.45, 7) is 6.87. The minimum Gasteiger partial charge on any atom is -0.497 e. The Labute approximate surface area is 213 Å². The van der Waals surface area contributed by atoms with Crippen LogP contribution in [0, 0.1) is 17.2 Å². The van der Waals surface area contributed by atoms with E-state index in [1.807, 2.05) is 36.4 Å². The zero-order valence-corrected chi connectivity index (χ0v) is 21.5. The number of carboxylic acids is 1. The van der Waals surface area contributed by atoms with Crippen LogP contribution in [0.15, 0.2) is 60.7 Å². The summed E-state index contributed by atoms with van der Waals surface area (Å²) >= 11 is 0. The molecular weight excluding hydrogens is 455 g/mol. The summed E-state index contributed by atoms with van der Waals surface area (Å²) in [6, 6.07) is 18.7. The zero-order chi connectivity index (χ0) is 25.9. The van der Waals surface area contributed by atoms with Gasteiger partial charge < -0.3 is 14.6 Å². The lowest BCUT2D eigenvalue weighted by atomic mass is 9.84. The van der Waals surface area contributed by atoms with Crippen molar-refractivity contribution in [1.82, 2.24) is 0 Å². The van der Waals surface area contributed by atoms with Gasteiger partial charge >= 0.3 is 5.97 Å². The maximum absolute atomic E-state index is 14.8. The molecule has 1 aliphatic carbocycles. The summed E-state index contributed by atoms with van der Waals surface area (Å²) in [5, 5.41) is 9.34. The molecule has 0 radical (unpaired) electrons. The molecule has 190 valence electrons. The molecule has 1 atom stereocenters. The summed E-state index contributed by atoms with van der Waals surface area (Å²) in [5.41, 5.74) is 4.47. The molecule has 0 spiro atoms. The molecule has 1 aliphatic rings. The van der Waals surface area contributed by atoms with Gasteiger partial charge in [-0.25, -0.2) is 4.39 Å². The normalized spacial score (nSPS) is 14.4. The van der Waals surface area contributed by atoms with E-state index in [1.165, 1.54) is 6.07 Å². The second kappa shape index (κ2) is 10.7. The molecule has 4 rings (SSSR count). The van der Waals surface area contributed by atoms with Crippen LogP contribution in [0.25, 0.3) is 11.1 Å². The van der Waals surface area contributed by atoms with Crippen molar-refractivity contribution in [1.29, 1.82) is 0 Å². The lowest BCUT2D eigenvalue weighted by Gasteiger charge is -2.22. The van der Waals surface area contributed by atoms with Gasteiger partial charge in [0.25, 0.3) is 0 Å². The quantitative estimate of drug-likeness (QED) is 0.317. The topological polar surface area (TPSA) is 55.8 Å². The molecule has 0 aliphatic heterocycles. The van der Waals surface area contributed by atoms with E-state index in [2.05, 4.69) is 26.8 Å². The number of carboxylic acid groups (broad SMARTS) is 1. The van der Waals surface area contributed by atoms with E-state index in [4.69, 9.17) is 9.47 Å². The Balaban J connectivity index is 1.57. The Morgan fingerprint density at radius 1 is 1.03 bits per heavy atom. The minimum atomic E-state index is -0.767. The van der Waals surface area contributed by atoms with Crippen LogP contribution < -0.4 is 9.47 Å². The van der Waals surface area contributed by atoms with Crippen LogP contribution >= 0.6 is 0 Å². The molecule has 1 saturated carbocycles. The van der Waals surface area contributed by atoms with Crippen molar-refractivity contribution in [3.8, 4) is 22.6 Å². The number of aliphatic carboxylic acids is 1. The number of halogens is 1. The average Bonchev–Trinajstić information content (AvgIpc) is 3.66. The third-order valence-corrected chi connectivity index (χ3v) is 6.63. The fourth-order valence-corrected chi connectivity index (χ4v) is 4.80. The van der Waals surface area contributed by atoms with Gasteiger partial charge in [0.05, 0.1) is 13.5 Å². The highest BCUT2D eigenvalue weighted by atomic mass is 19.1. The first kappa shape index (κ1) is 25.7. The smallest absolute Gasteiger partial charge is 0.303 e. The number of hydrogen-bond donors (Lipinski definition) is 1. The average molecular weight is 491 g/mol. The summed E-state index contributed by atoms with van der Waals surface area (Å²) < 4.78 is 26.3. The lowest BCUT2D eigenvalue weighted by molar-refractivity contribution is -0.137. The third kappa shape index (κ3) is 6.66. The number of ether oxygens (including phenoxy) is 2. The van der Waals surface area contributed by atoms with E-state index in [9.17, 15) is 14.3 Å². The van der Waals surface area contributed by atoms with Crippen LogP contribution in [-0.4, -0.2) is 18.2 Å². The van der Waals surface area contributed by atoms with E-state index in [0.717, 1.165) is 47.3 Å². The van der Waals surface area contributed by atoms with Gasteiger partial charge in [-0.05, 0) is 89.1 Å². The van der Waals surface area contributed by atoms with Gasteiger partial charge in [0.1, 0.15) is 23.9 Å². The Morgan fingerprint density at radius 3 is 2.47 bits per heavy atom. The summed E-state index contributed by atoms with van der Waals surface area (Å²) in [6.07, 6.45) is 3.09. The van der Waals surface area contributed by atoms with Gasteiger partial charge in [-0.2, -0.15) is 0 Å². The lowest BCUT2D eigenvalue weighted by Crippen LogP contribution is -2.11. The van der Waals surface area contributed by atoms with Gasteiger partial charge in [0, 0.05) is 5.56 Å². The van der Waals surface area contributed by atoms with Crippen LogP contribution in [0.1, 0.15) is 62.6 Å². The SMILES string of the molecule is COc1ccc(F)c(-c2ccc(COc3cccc([C@@H](CC(=O)O)C4CC4)c3)cc2CC(C)(C)C)c1. The van der Waals surface area contributed by atoms with E-state index in [0.29, 0.717) is 23.8 Å². The summed E-state index contributed by atoms with van der Waals surface area (Å²) in [5.74, 6) is 0.773. The highest BCUT2D eigenvalue weighted by molar-refractivity contribution is 5.70. The van der Waals surface area contributed by atoms with Gasteiger partial charge in [-0.15, -0.1) is 0 Å². The Morgan fingerprint density at radius 2 is 1.81 bits per heavy atom. The molecule has 0 heterocycles. The fourth-order valence-electron chi connectivity index (χ4n) is 4.80. The zero-order valence-electron chi connectivity index (χ0n) is 21.5. The molecule has 3 aromatic carbocycles. The molecule has 36 heavy (non-hydrogen) atoms. The molecule has 0 amide bonds. The van der Waals surface area contributed by atoms with Crippen molar-refractivity contribution >= 4 is 5.97 Å². The molecule has 0 saturated heterocycles. The minimum absolute atomic E-state index is 0.0138. The van der Waals surface area contributed by atoms with Crippen molar-refractivity contribution in [2.45, 2.75) is 59.0 Å². The maximum Gasteiger partial charge on any atom is 0.303 e. The van der Waals surface area contributed by atoms with Crippen molar-refractivity contribution < 1.29 is 23.8 Å². The van der Waals surface area contributed by atoms with Crippen LogP contribution in [0.3, 0.4) is 0 Å². The van der Waals surface area contributed by atoms with Gasteiger partial charge in [-0.1, -0.05) is 51.1 Å². The molecular formula is C31H35FO4. The predicted molar refractivity (Wildman–Crippen MR) is 140 cm³/mol. The van der Waals surface area contributed by atoms with Crippen LogP contribution in [-0.2, 0) is 17.8 Å². The molecule has 3 aromatic rings. The first-order chi connectivity index (χ1) is 17.1. The van der Waals surface area contributed by atoms with E-state index in [-0.39, 0.29) is 23.6 Å². The maximum atomic E-state index is 14.8. The number of benzene rings is 3. The van der Waals surface area contributed by atoms with Gasteiger partial charge in [0.15, 0.2) is 0 Å². The molecule has 5 heteroatoms. The van der Waals surface area contributed by atoms with Gasteiger partial charge in [0.2, 0.25) is 0 Å². The highest BCUT2D eigenvalue weighted by Gasteiger charge is 2.33. The van der Waals surface area contributed by atoms with E-state index in [1.54, 1.807) is 19.2 Å². The number of methoxy groups -OCH3 is 1. The van der Waals surface area contributed by atoms with Crippen molar-refractivity contribution in [2.75, 3.05) is 7.11 Å². The van der Waals surface area contributed by atoms with Crippen molar-refractivity contribution in [3.05, 3.63) is 83.2 Å². The molecule has 1 fully saturated rings. The largest absolute Gasteiger partial charge is 0.497 e. The van der Waals surface area contributed by atoms with Crippen molar-refractivity contribution in [2.24, 2.45) is 11.3 Å². The second-order valence-electron chi connectivity index (χ2n) is 11.0. The van der Waals surface area contributed by atoms with Crippen LogP contribution in [0.2, 0.25) is 0 Å². The molecule has 4 nitrogen and oxygen atoms in total. The van der Waals surface area contributed by atoms with Crippen LogP contribution in [0.5, 0.6) is 11.5 Å². The monoisotopic (exact) mass is 490 g/mol. The predicted octanol–water partition coefficient (Wildman–Crippen LogP) is 7.64. The molecule has 0 bridgehead atoms. The summed E-state index contributed by atoms with van der Waals surface area (Å²) in [4.78, 5) is 11.4. The molecule has 1 N–H and O–H groups in total. The number of carbonyl (C=O) groups is 1. The number of hydrogen-bond acceptors (Lipinski definition) is 3. The fraction of sp³-hybridized carbons (Fsp3) is 0.387. The molecule has 0 aromatic heterocycles. The first-order valence-electron chi connectivity index (χ1n) is 12.5. The second-order valence-corrected chi connectivity index (χ2v) is 11.0. The third-order valence-electron chi connectivity index (χ3n) is 6.63. The Bertz CT molecular complexity index is 1220. The first-order valence-corrected chi connectivity index (χ1v) is 12.5. The number of rotatable bonds is 10. The highest BCUT2D eigenvalue weighted by Crippen LogP contribution is 2.45. The van der Waals surface area contributed by atoms with E-state index >= 15 is 0 Å². The van der Waals surface area contributed by atoms with E-state index < -0.39 is 5.97 Å². The van der Waals surface area contributed by atoms with Gasteiger partial charge in [-0.3, -0.25) is 4.79 Å². The Kier molecular flexibility index (Phi) is 7.67. The van der Waals surface area contributed by atoms with Crippen molar-refractivity contribution in [3.63, 3.8) is 0 Å². The Hall–Kier alpha value is -3.34. The standard InChI is InChI=1S/C31H35FO4/c1-31(2,3)18-23-14-20(8-12-26(23)28-16-24(35-4)11-13-29(28)32)19-36-25-7-5-6-22(15-25)27(17-30(33)34)21-9-10-21/h5-8,11-16,21,27H,9-10,17-19H2,1-4H3,(H,33,34)/t27-/m0/s1. The summed E-state index contributed by atoms with van der Waals surface area (Å²) in [7, 11) is 1.58.